The van der Waals surface area contributed by atoms with Gasteiger partial charge < -0.3 is 41.0 Å². The molecule has 4 aromatic carbocycles. The smallest absolute Gasteiger partial charge is 0.416 e. The number of aromatic nitrogens is 4. The van der Waals surface area contributed by atoms with Crippen LogP contribution < -0.4 is 21.3 Å². The molecule has 0 radical (unpaired) electrons. The number of aryl methyl sites for hydroxylation is 2. The molecule has 4 aliphatic rings. The lowest BCUT2D eigenvalue weighted by molar-refractivity contribution is -0.138. The van der Waals surface area contributed by atoms with Gasteiger partial charge in [0.15, 0.2) is 0 Å². The fourth-order valence-electron chi connectivity index (χ4n) is 10.9. The number of carbonyl (C=O) groups is 4. The van der Waals surface area contributed by atoms with Crippen LogP contribution in [0.5, 0.6) is 0 Å². The minimum absolute atomic E-state index is 0.0965. The number of benzene rings is 4. The van der Waals surface area contributed by atoms with E-state index in [0.717, 1.165) is 70.7 Å². The van der Waals surface area contributed by atoms with Crippen molar-refractivity contribution in [3.63, 3.8) is 0 Å². The summed E-state index contributed by atoms with van der Waals surface area (Å²) in [6.07, 6.45) is -3.28. The molecule has 24 heteroatoms. The number of anilines is 6. The normalized spacial score (nSPS) is 18.6. The molecule has 0 saturated carbocycles. The zero-order valence-electron chi connectivity index (χ0n) is 48.3. The molecule has 6 aromatic rings. The van der Waals surface area contributed by atoms with Crippen molar-refractivity contribution in [2.75, 3.05) is 34.4 Å². The Kier molecular flexibility index (Phi) is 18.3. The van der Waals surface area contributed by atoms with Crippen LogP contribution in [0.2, 0.25) is 0 Å². The number of hydrogen-bond donors (Lipinski definition) is 6. The van der Waals surface area contributed by atoms with Gasteiger partial charge in [-0.3, -0.25) is 19.4 Å². The summed E-state index contributed by atoms with van der Waals surface area (Å²) in [5.74, 6) is -0.457. The van der Waals surface area contributed by atoms with E-state index in [1.54, 1.807) is 53.7 Å². The monoisotopic (exact) mass is 1190 g/mol. The molecule has 2 saturated heterocycles. The van der Waals surface area contributed by atoms with Crippen molar-refractivity contribution in [3.8, 4) is 22.5 Å². The van der Waals surface area contributed by atoms with Gasteiger partial charge in [0.1, 0.15) is 47.6 Å². The topological polar surface area (TPSA) is 233 Å². The SMILES string of the molecule is CC(C)(C)OC(=O)N1CCC[C@H]1C(=O)Nc1cc(C(F)(F)F)ccc1-c1cc(Nc2cccc3c2C[C@@H](O)CC3)ncn1.CC(C)(C)OC(=O)N1CCC[C@H]1C(=O)Nc1cc(C(F)(F)F)ccc1-c1cc(Nc2cccc3c2C[C@H](O)CC3)ncn1. The highest BCUT2D eigenvalue weighted by atomic mass is 19.4. The van der Waals surface area contributed by atoms with Crippen LogP contribution in [-0.4, -0.2) is 113 Å². The number of nitrogens with zero attached hydrogens (tertiary/aromatic N) is 6. The first kappa shape index (κ1) is 62.2. The van der Waals surface area contributed by atoms with E-state index in [1.165, 1.54) is 34.6 Å². The summed E-state index contributed by atoms with van der Waals surface area (Å²) in [6, 6.07) is 19.1. The zero-order chi connectivity index (χ0) is 61.9. The van der Waals surface area contributed by atoms with E-state index < -0.39 is 83.0 Å². The van der Waals surface area contributed by atoms with Crippen LogP contribution in [0.25, 0.3) is 22.5 Å². The molecule has 4 amide bonds. The summed E-state index contributed by atoms with van der Waals surface area (Å²) < 4.78 is 93.1. The van der Waals surface area contributed by atoms with Crippen molar-refractivity contribution in [2.45, 2.75) is 154 Å². The minimum Gasteiger partial charge on any atom is -0.444 e. The summed E-state index contributed by atoms with van der Waals surface area (Å²) in [4.78, 5) is 72.0. The second-order valence-corrected chi connectivity index (χ2v) is 23.7. The highest BCUT2D eigenvalue weighted by Crippen LogP contribution is 2.40. The van der Waals surface area contributed by atoms with Crippen LogP contribution in [0.4, 0.5) is 70.3 Å². The molecule has 86 heavy (non-hydrogen) atoms. The number of halogens is 6. The van der Waals surface area contributed by atoms with Gasteiger partial charge in [0.05, 0.1) is 46.1 Å². The Morgan fingerprint density at radius 2 is 0.919 bits per heavy atom. The van der Waals surface area contributed by atoms with E-state index >= 15 is 0 Å². The number of amides is 4. The van der Waals surface area contributed by atoms with Crippen LogP contribution in [0, 0.1) is 0 Å². The number of ether oxygens (including phenoxy) is 2. The fourth-order valence-corrected chi connectivity index (χ4v) is 10.9. The van der Waals surface area contributed by atoms with Gasteiger partial charge >= 0.3 is 24.5 Å². The Morgan fingerprint density at radius 1 is 0.523 bits per heavy atom. The van der Waals surface area contributed by atoms with Crippen molar-refractivity contribution < 1.29 is 65.2 Å². The molecule has 6 N–H and O–H groups in total. The number of likely N-dealkylation sites (tertiary alicyclic amines) is 2. The summed E-state index contributed by atoms with van der Waals surface area (Å²) in [5, 5.41) is 32.2. The molecule has 2 aliphatic heterocycles. The lowest BCUT2D eigenvalue weighted by atomic mass is 9.88. The molecule has 0 bridgehead atoms. The first-order valence-corrected chi connectivity index (χ1v) is 28.4. The van der Waals surface area contributed by atoms with E-state index in [0.29, 0.717) is 76.1 Å². The maximum Gasteiger partial charge on any atom is 0.416 e. The second kappa shape index (κ2) is 25.3. The number of nitrogens with one attached hydrogen (secondary N) is 4. The first-order valence-electron chi connectivity index (χ1n) is 28.4. The number of carbonyl (C=O) groups excluding carboxylic acids is 4. The second-order valence-electron chi connectivity index (χ2n) is 23.7. The van der Waals surface area contributed by atoms with Gasteiger partial charge in [-0.25, -0.2) is 29.5 Å². The first-order chi connectivity index (χ1) is 40.6. The highest BCUT2D eigenvalue weighted by Gasteiger charge is 2.40. The predicted octanol–water partition coefficient (Wildman–Crippen LogP) is 12.2. The quantitative estimate of drug-likeness (QED) is 0.0701. The Hall–Kier alpha value is -8.38. The number of aliphatic hydroxyl groups excluding tert-OH is 2. The average molecular weight is 1200 g/mol. The van der Waals surface area contributed by atoms with Gasteiger partial charge in [-0.15, -0.1) is 0 Å². The number of fused-ring (bicyclic) bond motifs is 2. The molecule has 456 valence electrons. The third kappa shape index (κ3) is 15.4. The van der Waals surface area contributed by atoms with Crippen molar-refractivity contribution in [1.29, 1.82) is 0 Å². The van der Waals surface area contributed by atoms with Crippen molar-refractivity contribution in [1.82, 2.24) is 29.7 Å². The van der Waals surface area contributed by atoms with E-state index in [1.807, 2.05) is 36.4 Å². The van der Waals surface area contributed by atoms with E-state index in [2.05, 4.69) is 41.2 Å². The molecule has 0 spiro atoms. The van der Waals surface area contributed by atoms with Crippen molar-refractivity contribution in [2.24, 2.45) is 0 Å². The third-order valence-electron chi connectivity index (χ3n) is 14.9. The number of alkyl halides is 6. The fraction of sp³-hybridized carbons (Fsp3) is 0.419. The number of aliphatic hydroxyl groups is 2. The number of hydrogen-bond acceptors (Lipinski definition) is 14. The van der Waals surface area contributed by atoms with Gasteiger partial charge in [0, 0.05) is 60.6 Å². The van der Waals surface area contributed by atoms with Crippen LogP contribution >= 0.6 is 0 Å². The molecule has 4 atom stereocenters. The standard InChI is InChI=1S/2C31H34F3N5O4/c2*1-30(2,3)43-29(42)39-13-5-8-26(39)28(41)38-25-14-19(31(32,33)34)10-12-21(25)24-16-27(36-17-35-24)37-23-7-4-6-18-9-11-20(40)15-22(18)23/h2*4,6-7,10,12,14,16-17,20,26,40H,5,8-9,11,13,15H2,1-3H3,(H,38,41)(H,35,36,37)/t20-,26+;20-,26-/m10/s1. The molecule has 0 unspecified atom stereocenters. The highest BCUT2D eigenvalue weighted by molar-refractivity contribution is 6.01. The van der Waals surface area contributed by atoms with E-state index in [9.17, 15) is 55.7 Å². The summed E-state index contributed by atoms with van der Waals surface area (Å²) in [6.45, 7) is 10.9. The molecule has 2 fully saturated rings. The van der Waals surface area contributed by atoms with Gasteiger partial charge in [0.25, 0.3) is 0 Å². The van der Waals surface area contributed by atoms with Crippen LogP contribution in [-0.2, 0) is 57.1 Å². The molecule has 4 heterocycles. The average Bonchev–Trinajstić information content (AvgIpc) is 1.70. The lowest BCUT2D eigenvalue weighted by Gasteiger charge is -2.28. The van der Waals surface area contributed by atoms with E-state index in [4.69, 9.17) is 9.47 Å². The van der Waals surface area contributed by atoms with Crippen LogP contribution in [0.3, 0.4) is 0 Å². The Bertz CT molecular complexity index is 3270. The van der Waals surface area contributed by atoms with Gasteiger partial charge in [-0.2, -0.15) is 26.3 Å². The predicted molar refractivity (Wildman–Crippen MR) is 310 cm³/mol. The maximum absolute atomic E-state index is 13.7. The van der Waals surface area contributed by atoms with Crippen molar-refractivity contribution >= 4 is 58.4 Å². The van der Waals surface area contributed by atoms with Gasteiger partial charge in [0.2, 0.25) is 11.8 Å². The van der Waals surface area contributed by atoms with E-state index in [-0.39, 0.29) is 33.9 Å². The van der Waals surface area contributed by atoms with Gasteiger partial charge in [-0.1, -0.05) is 36.4 Å². The van der Waals surface area contributed by atoms with Gasteiger partial charge in [-0.05, 0) is 152 Å². The summed E-state index contributed by atoms with van der Waals surface area (Å²) in [7, 11) is 0. The number of rotatable bonds is 10. The summed E-state index contributed by atoms with van der Waals surface area (Å²) >= 11 is 0. The van der Waals surface area contributed by atoms with Crippen molar-refractivity contribution in [3.05, 3.63) is 131 Å². The Labute approximate surface area is 493 Å². The third-order valence-corrected chi connectivity index (χ3v) is 14.9. The lowest BCUT2D eigenvalue weighted by Crippen LogP contribution is -2.45. The molecule has 2 aliphatic carbocycles. The molecular weight excluding hydrogens is 1130 g/mol. The molecule has 18 nitrogen and oxygen atoms in total. The molecular formula is C62H68F6N10O8. The Morgan fingerprint density at radius 3 is 1.29 bits per heavy atom. The largest absolute Gasteiger partial charge is 0.444 e. The molecule has 10 rings (SSSR count). The summed E-state index contributed by atoms with van der Waals surface area (Å²) in [5.41, 5.74) is 3.20. The van der Waals surface area contributed by atoms with Crippen LogP contribution in [0.1, 0.15) is 113 Å². The zero-order valence-corrected chi connectivity index (χ0v) is 48.3. The minimum atomic E-state index is -4.65. The Balaban J connectivity index is 0.000000205. The van der Waals surface area contributed by atoms with Crippen LogP contribution in [0.15, 0.2) is 97.6 Å². The maximum atomic E-state index is 13.7. The molecule has 2 aromatic heterocycles.